The molecule has 0 aliphatic heterocycles. The zero-order chi connectivity index (χ0) is 15.7. The molecule has 1 atom stereocenters. The summed E-state index contributed by atoms with van der Waals surface area (Å²) in [4.78, 5) is 13.9. The molecular weight excluding hydrogens is 330 g/mol. The molecule has 2 aromatic rings. The highest BCUT2D eigenvalue weighted by Gasteiger charge is 2.24. The third kappa shape index (κ3) is 3.01. The fourth-order valence-electron chi connectivity index (χ4n) is 2.95. The number of aromatic nitrogens is 2. The van der Waals surface area contributed by atoms with E-state index in [1.54, 1.807) is 18.1 Å². The molecule has 22 heavy (non-hydrogen) atoms. The Bertz CT molecular complexity index is 691. The van der Waals surface area contributed by atoms with Gasteiger partial charge in [0.1, 0.15) is 20.5 Å². The Morgan fingerprint density at radius 3 is 2.91 bits per heavy atom. The molecule has 2 aromatic heterocycles. The predicted molar refractivity (Wildman–Crippen MR) is 100.0 cm³/mol. The number of aryl methyl sites for hydroxylation is 1. The molecule has 0 bridgehead atoms. The van der Waals surface area contributed by atoms with E-state index in [1.807, 2.05) is 11.3 Å². The Balaban J connectivity index is 1.98. The maximum atomic E-state index is 5.60. The fraction of sp³-hybridized carbons (Fsp3) is 0.562. The summed E-state index contributed by atoms with van der Waals surface area (Å²) in [6, 6.07) is 0. The molecule has 0 N–H and O–H groups in total. The van der Waals surface area contributed by atoms with E-state index < -0.39 is 0 Å². The Kier molecular flexibility index (Phi) is 5.00. The SMILES string of the molecule is CCN(CC)C(=S)Sc1ncnc2sc3c(c12)CC[C@@H](C)C3. The van der Waals surface area contributed by atoms with Crippen LogP contribution in [-0.4, -0.2) is 32.3 Å². The molecule has 0 aromatic carbocycles. The van der Waals surface area contributed by atoms with Gasteiger partial charge in [0.25, 0.3) is 0 Å². The summed E-state index contributed by atoms with van der Waals surface area (Å²) in [6.45, 7) is 8.50. The summed E-state index contributed by atoms with van der Waals surface area (Å²) >= 11 is 9.06. The number of thiophene rings is 1. The molecule has 0 fully saturated rings. The monoisotopic (exact) mass is 351 g/mol. The first-order chi connectivity index (χ1) is 10.6. The summed E-state index contributed by atoms with van der Waals surface area (Å²) in [5.41, 5.74) is 1.48. The zero-order valence-electron chi connectivity index (χ0n) is 13.3. The van der Waals surface area contributed by atoms with Crippen molar-refractivity contribution in [2.45, 2.75) is 45.1 Å². The number of rotatable bonds is 3. The summed E-state index contributed by atoms with van der Waals surface area (Å²) in [5, 5.41) is 2.29. The van der Waals surface area contributed by atoms with Gasteiger partial charge in [0.05, 0.1) is 0 Å². The van der Waals surface area contributed by atoms with E-state index in [2.05, 4.69) is 35.6 Å². The van der Waals surface area contributed by atoms with Crippen LogP contribution in [-0.2, 0) is 12.8 Å². The zero-order valence-corrected chi connectivity index (χ0v) is 15.7. The minimum atomic E-state index is 0.779. The first-order valence-electron chi connectivity index (χ1n) is 7.86. The minimum Gasteiger partial charge on any atom is -0.358 e. The molecule has 3 rings (SSSR count). The molecule has 0 amide bonds. The van der Waals surface area contributed by atoms with Crippen LogP contribution in [0.2, 0.25) is 0 Å². The van der Waals surface area contributed by atoms with Crippen LogP contribution < -0.4 is 0 Å². The van der Waals surface area contributed by atoms with Crippen LogP contribution in [0, 0.1) is 5.92 Å². The number of fused-ring (bicyclic) bond motifs is 3. The lowest BCUT2D eigenvalue weighted by Gasteiger charge is -2.21. The summed E-state index contributed by atoms with van der Waals surface area (Å²) < 4.78 is 0.911. The normalized spacial score (nSPS) is 17.5. The molecule has 1 aliphatic rings. The molecule has 1 aliphatic carbocycles. The molecule has 3 nitrogen and oxygen atoms in total. The van der Waals surface area contributed by atoms with E-state index in [4.69, 9.17) is 12.2 Å². The van der Waals surface area contributed by atoms with Crippen LogP contribution >= 0.6 is 35.3 Å². The molecular formula is C16H21N3S3. The molecule has 6 heteroatoms. The number of nitrogens with zero attached hydrogens (tertiary/aromatic N) is 3. The quantitative estimate of drug-likeness (QED) is 0.460. The highest BCUT2D eigenvalue weighted by molar-refractivity contribution is 8.23. The third-order valence-electron chi connectivity index (χ3n) is 4.26. The maximum absolute atomic E-state index is 5.60. The van der Waals surface area contributed by atoms with Gasteiger partial charge in [0, 0.05) is 23.4 Å². The minimum absolute atomic E-state index is 0.779. The van der Waals surface area contributed by atoms with Crippen LogP contribution in [0.25, 0.3) is 10.2 Å². The van der Waals surface area contributed by atoms with E-state index in [-0.39, 0.29) is 0 Å². The average molecular weight is 352 g/mol. The topological polar surface area (TPSA) is 29.0 Å². The van der Waals surface area contributed by atoms with Crippen molar-refractivity contribution in [1.29, 1.82) is 0 Å². The molecule has 0 saturated heterocycles. The van der Waals surface area contributed by atoms with E-state index in [1.165, 1.54) is 28.7 Å². The van der Waals surface area contributed by atoms with Crippen molar-refractivity contribution in [2.75, 3.05) is 13.1 Å². The van der Waals surface area contributed by atoms with Gasteiger partial charge in [-0.1, -0.05) is 19.1 Å². The van der Waals surface area contributed by atoms with Gasteiger partial charge in [-0.25, -0.2) is 9.97 Å². The van der Waals surface area contributed by atoms with E-state index in [0.29, 0.717) is 0 Å². The first kappa shape index (κ1) is 16.1. The highest BCUT2D eigenvalue weighted by Crippen LogP contribution is 2.40. The average Bonchev–Trinajstić information content (AvgIpc) is 2.86. The van der Waals surface area contributed by atoms with Gasteiger partial charge in [-0.3, -0.25) is 0 Å². The lowest BCUT2D eigenvalue weighted by molar-refractivity contribution is 0.482. The van der Waals surface area contributed by atoms with E-state index in [9.17, 15) is 0 Å². The summed E-state index contributed by atoms with van der Waals surface area (Å²) in [6.07, 6.45) is 5.27. The Morgan fingerprint density at radius 1 is 1.41 bits per heavy atom. The summed E-state index contributed by atoms with van der Waals surface area (Å²) in [7, 11) is 0. The fourth-order valence-corrected chi connectivity index (χ4v) is 5.84. The number of hydrogen-bond donors (Lipinski definition) is 0. The van der Waals surface area contributed by atoms with Crippen LogP contribution in [0.1, 0.15) is 37.6 Å². The van der Waals surface area contributed by atoms with Crippen molar-refractivity contribution in [1.82, 2.24) is 14.9 Å². The molecule has 0 saturated carbocycles. The van der Waals surface area contributed by atoms with Crippen molar-refractivity contribution in [3.8, 4) is 0 Å². The van der Waals surface area contributed by atoms with Gasteiger partial charge < -0.3 is 4.90 Å². The Morgan fingerprint density at radius 2 is 2.18 bits per heavy atom. The Hall–Kier alpha value is -0.720. The van der Waals surface area contributed by atoms with Crippen molar-refractivity contribution >= 4 is 49.9 Å². The molecule has 118 valence electrons. The predicted octanol–water partition coefficient (Wildman–Crippen LogP) is 4.53. The first-order valence-corrected chi connectivity index (χ1v) is 9.90. The molecule has 0 radical (unpaired) electrons. The number of thioether (sulfide) groups is 1. The van der Waals surface area contributed by atoms with Crippen LogP contribution in [0.3, 0.4) is 0 Å². The van der Waals surface area contributed by atoms with E-state index in [0.717, 1.165) is 39.6 Å². The summed E-state index contributed by atoms with van der Waals surface area (Å²) in [5.74, 6) is 0.779. The van der Waals surface area contributed by atoms with Crippen LogP contribution in [0.15, 0.2) is 11.4 Å². The molecule has 2 heterocycles. The maximum Gasteiger partial charge on any atom is 0.142 e. The standard InChI is InChI=1S/C16H21N3S3/c1-4-19(5-2)16(20)22-15-13-11-7-6-10(3)8-12(11)21-14(13)17-9-18-15/h9-10H,4-8H2,1-3H3/t10-/m1/s1. The molecule has 0 spiro atoms. The van der Waals surface area contributed by atoms with Gasteiger partial charge in [0.15, 0.2) is 0 Å². The molecule has 0 unspecified atom stereocenters. The van der Waals surface area contributed by atoms with Gasteiger partial charge in [0.2, 0.25) is 0 Å². The van der Waals surface area contributed by atoms with E-state index >= 15 is 0 Å². The number of hydrogen-bond acceptors (Lipinski definition) is 5. The van der Waals surface area contributed by atoms with Crippen molar-refractivity contribution < 1.29 is 0 Å². The lowest BCUT2D eigenvalue weighted by Crippen LogP contribution is -2.26. The van der Waals surface area contributed by atoms with Crippen molar-refractivity contribution in [3.63, 3.8) is 0 Å². The largest absolute Gasteiger partial charge is 0.358 e. The second kappa shape index (κ2) is 6.81. The second-order valence-corrected chi connectivity index (χ2v) is 8.46. The van der Waals surface area contributed by atoms with Crippen molar-refractivity contribution in [3.05, 3.63) is 16.8 Å². The van der Waals surface area contributed by atoms with Crippen LogP contribution in [0.4, 0.5) is 0 Å². The third-order valence-corrected chi connectivity index (χ3v) is 6.87. The lowest BCUT2D eigenvalue weighted by atomic mass is 9.89. The van der Waals surface area contributed by atoms with Crippen LogP contribution in [0.5, 0.6) is 0 Å². The van der Waals surface area contributed by atoms with Crippen molar-refractivity contribution in [2.24, 2.45) is 5.92 Å². The number of thiocarbonyl (C=S) groups is 1. The second-order valence-electron chi connectivity index (χ2n) is 5.75. The van der Waals surface area contributed by atoms with Gasteiger partial charge >= 0.3 is 0 Å². The van der Waals surface area contributed by atoms with Gasteiger partial charge in [-0.05, 0) is 56.4 Å². The van der Waals surface area contributed by atoms with Gasteiger partial charge in [-0.2, -0.15) is 0 Å². The smallest absolute Gasteiger partial charge is 0.142 e. The van der Waals surface area contributed by atoms with Gasteiger partial charge in [-0.15, -0.1) is 11.3 Å². The Labute approximate surface area is 145 Å². The highest BCUT2D eigenvalue weighted by atomic mass is 32.2.